The second-order valence-corrected chi connectivity index (χ2v) is 4.28. The van der Waals surface area contributed by atoms with Crippen LogP contribution >= 0.6 is 0 Å². The van der Waals surface area contributed by atoms with E-state index >= 15 is 0 Å². The Kier molecular flexibility index (Phi) is 2.79. The minimum atomic E-state index is -0.688. The van der Waals surface area contributed by atoms with Gasteiger partial charge in [-0.2, -0.15) is 0 Å². The van der Waals surface area contributed by atoms with E-state index in [1.165, 1.54) is 0 Å². The van der Waals surface area contributed by atoms with Crippen molar-refractivity contribution in [3.63, 3.8) is 0 Å². The molecule has 0 aromatic carbocycles. The molecule has 4 nitrogen and oxygen atoms in total. The molecule has 0 aliphatic carbocycles. The Labute approximate surface area is 84.1 Å². The van der Waals surface area contributed by atoms with Gasteiger partial charge in [-0.1, -0.05) is 13.8 Å². The molecular formula is C10H18O4. The first-order chi connectivity index (χ1) is 6.59. The summed E-state index contributed by atoms with van der Waals surface area (Å²) in [6.45, 7) is 6.47. The molecule has 2 aliphatic rings. The molecule has 4 heteroatoms. The topological polar surface area (TPSA) is 47.9 Å². The summed E-state index contributed by atoms with van der Waals surface area (Å²) in [6.07, 6.45) is -0.916. The van der Waals surface area contributed by atoms with Gasteiger partial charge in [-0.05, 0) is 12.8 Å². The molecule has 82 valence electrons. The van der Waals surface area contributed by atoms with Gasteiger partial charge in [-0.3, -0.25) is 0 Å². The van der Waals surface area contributed by atoms with E-state index < -0.39 is 6.29 Å². The predicted octanol–water partition coefficient (Wildman–Crippen LogP) is 0.737. The summed E-state index contributed by atoms with van der Waals surface area (Å²) in [6, 6.07) is 0. The normalized spacial score (nSPS) is 54.0. The van der Waals surface area contributed by atoms with Crippen molar-refractivity contribution in [1.29, 1.82) is 0 Å². The molecule has 0 saturated carbocycles. The molecule has 14 heavy (non-hydrogen) atoms. The summed E-state index contributed by atoms with van der Waals surface area (Å²) in [4.78, 5) is 0. The average molecular weight is 202 g/mol. The monoisotopic (exact) mass is 202 g/mol. The maximum absolute atomic E-state index is 9.62. The summed E-state index contributed by atoms with van der Waals surface area (Å²) in [5, 5.41) is 9.62. The molecule has 2 saturated heterocycles. The largest absolute Gasteiger partial charge is 0.368 e. The second kappa shape index (κ2) is 3.77. The van der Waals surface area contributed by atoms with Crippen molar-refractivity contribution in [2.24, 2.45) is 11.8 Å². The summed E-state index contributed by atoms with van der Waals surface area (Å²) in [5.41, 5.74) is 0. The fraction of sp³-hybridized carbons (Fsp3) is 1.00. The zero-order chi connectivity index (χ0) is 10.3. The molecule has 0 aromatic rings. The molecule has 0 bridgehead atoms. The highest BCUT2D eigenvalue weighted by Gasteiger charge is 2.44. The van der Waals surface area contributed by atoms with E-state index in [1.807, 2.05) is 13.8 Å². The first-order valence-corrected chi connectivity index (χ1v) is 5.20. The molecule has 2 heterocycles. The number of hydrogen-bond donors (Lipinski definition) is 1. The van der Waals surface area contributed by atoms with Crippen molar-refractivity contribution < 1.29 is 19.3 Å². The lowest BCUT2D eigenvalue weighted by molar-refractivity contribution is -0.328. The standard InChI is InChI=1S/C10H18O4/c1-5-6(2)10(11)14-8-4-12-7(3)13-9(5)8/h5-11H,4H2,1-3H3. The fourth-order valence-corrected chi connectivity index (χ4v) is 2.11. The molecule has 2 fully saturated rings. The van der Waals surface area contributed by atoms with Crippen molar-refractivity contribution in [1.82, 2.24) is 0 Å². The van der Waals surface area contributed by atoms with Gasteiger partial charge < -0.3 is 19.3 Å². The predicted molar refractivity (Wildman–Crippen MR) is 49.5 cm³/mol. The average Bonchev–Trinajstić information content (AvgIpc) is 2.16. The van der Waals surface area contributed by atoms with Gasteiger partial charge in [0.2, 0.25) is 0 Å². The van der Waals surface area contributed by atoms with Crippen LogP contribution in [-0.2, 0) is 14.2 Å². The van der Waals surface area contributed by atoms with E-state index in [0.29, 0.717) is 12.5 Å². The molecule has 0 spiro atoms. The number of rotatable bonds is 0. The van der Waals surface area contributed by atoms with Crippen LogP contribution in [0.25, 0.3) is 0 Å². The van der Waals surface area contributed by atoms with Crippen molar-refractivity contribution >= 4 is 0 Å². The quantitative estimate of drug-likeness (QED) is 0.629. The first kappa shape index (κ1) is 10.4. The van der Waals surface area contributed by atoms with Crippen molar-refractivity contribution in [2.45, 2.75) is 45.6 Å². The fourth-order valence-electron chi connectivity index (χ4n) is 2.11. The minimum Gasteiger partial charge on any atom is -0.368 e. The minimum absolute atomic E-state index is 0.0529. The van der Waals surface area contributed by atoms with Crippen LogP contribution in [0, 0.1) is 11.8 Å². The number of aliphatic hydroxyl groups is 1. The molecule has 2 aliphatic heterocycles. The molecule has 0 amide bonds. The molecule has 6 unspecified atom stereocenters. The van der Waals surface area contributed by atoms with E-state index in [9.17, 15) is 5.11 Å². The van der Waals surface area contributed by atoms with Gasteiger partial charge in [0, 0.05) is 5.92 Å². The van der Waals surface area contributed by atoms with E-state index in [-0.39, 0.29) is 24.4 Å². The third-order valence-electron chi connectivity index (χ3n) is 3.32. The zero-order valence-corrected chi connectivity index (χ0v) is 8.84. The molecule has 6 atom stereocenters. The van der Waals surface area contributed by atoms with Crippen LogP contribution in [0.2, 0.25) is 0 Å². The Morgan fingerprint density at radius 3 is 2.50 bits per heavy atom. The smallest absolute Gasteiger partial charge is 0.158 e. The summed E-state index contributed by atoms with van der Waals surface area (Å²) < 4.78 is 16.4. The van der Waals surface area contributed by atoms with Gasteiger partial charge >= 0.3 is 0 Å². The third kappa shape index (κ3) is 1.67. The van der Waals surface area contributed by atoms with Crippen molar-refractivity contribution in [3.8, 4) is 0 Å². The van der Waals surface area contributed by atoms with E-state index in [2.05, 4.69) is 6.92 Å². The molecule has 2 rings (SSSR count). The van der Waals surface area contributed by atoms with Gasteiger partial charge in [0.1, 0.15) is 6.10 Å². The van der Waals surface area contributed by atoms with Crippen molar-refractivity contribution in [3.05, 3.63) is 0 Å². The Hall–Kier alpha value is -0.160. The Bertz CT molecular complexity index is 206. The van der Waals surface area contributed by atoms with Gasteiger partial charge in [0.25, 0.3) is 0 Å². The highest BCUT2D eigenvalue weighted by molar-refractivity contribution is 4.87. The highest BCUT2D eigenvalue weighted by Crippen LogP contribution is 2.34. The van der Waals surface area contributed by atoms with Crippen LogP contribution in [0.15, 0.2) is 0 Å². The summed E-state index contributed by atoms with van der Waals surface area (Å²) in [7, 11) is 0. The molecule has 0 radical (unpaired) electrons. The summed E-state index contributed by atoms with van der Waals surface area (Å²) >= 11 is 0. The lowest BCUT2D eigenvalue weighted by atomic mass is 9.84. The van der Waals surface area contributed by atoms with Gasteiger partial charge in [-0.15, -0.1) is 0 Å². The lowest BCUT2D eigenvalue weighted by Crippen LogP contribution is -2.56. The van der Waals surface area contributed by atoms with Crippen LogP contribution in [0.3, 0.4) is 0 Å². The number of fused-ring (bicyclic) bond motifs is 1. The molecule has 1 N–H and O–H groups in total. The Morgan fingerprint density at radius 1 is 1.07 bits per heavy atom. The number of hydrogen-bond acceptors (Lipinski definition) is 4. The summed E-state index contributed by atoms with van der Waals surface area (Å²) in [5.74, 6) is 0.414. The van der Waals surface area contributed by atoms with Crippen LogP contribution < -0.4 is 0 Å². The molecular weight excluding hydrogens is 184 g/mol. The molecule has 0 aromatic heterocycles. The zero-order valence-electron chi connectivity index (χ0n) is 8.84. The van der Waals surface area contributed by atoms with Gasteiger partial charge in [0.15, 0.2) is 12.6 Å². The van der Waals surface area contributed by atoms with Crippen LogP contribution in [0.4, 0.5) is 0 Å². The van der Waals surface area contributed by atoms with Gasteiger partial charge in [-0.25, -0.2) is 0 Å². The van der Waals surface area contributed by atoms with E-state index in [0.717, 1.165) is 0 Å². The third-order valence-corrected chi connectivity index (χ3v) is 3.32. The maximum atomic E-state index is 9.62. The van der Waals surface area contributed by atoms with Crippen molar-refractivity contribution in [2.75, 3.05) is 6.61 Å². The van der Waals surface area contributed by atoms with E-state index in [4.69, 9.17) is 14.2 Å². The lowest BCUT2D eigenvalue weighted by Gasteiger charge is -2.46. The highest BCUT2D eigenvalue weighted by atomic mass is 16.7. The van der Waals surface area contributed by atoms with Crippen LogP contribution in [0.1, 0.15) is 20.8 Å². The Morgan fingerprint density at radius 2 is 1.79 bits per heavy atom. The number of ether oxygens (including phenoxy) is 3. The SMILES string of the molecule is CC1OCC2OC(O)C(C)C(C)C2O1. The van der Waals surface area contributed by atoms with Crippen LogP contribution in [-0.4, -0.2) is 36.5 Å². The van der Waals surface area contributed by atoms with Gasteiger partial charge in [0.05, 0.1) is 12.7 Å². The van der Waals surface area contributed by atoms with Crippen LogP contribution in [0.5, 0.6) is 0 Å². The van der Waals surface area contributed by atoms with E-state index in [1.54, 1.807) is 0 Å². The second-order valence-electron chi connectivity index (χ2n) is 4.28. The Balaban J connectivity index is 2.08. The first-order valence-electron chi connectivity index (χ1n) is 5.20. The maximum Gasteiger partial charge on any atom is 0.158 e. The number of aliphatic hydroxyl groups excluding tert-OH is 1.